The Labute approximate surface area is 149 Å². The lowest BCUT2D eigenvalue weighted by Gasteiger charge is -2.28. The molecule has 0 radical (unpaired) electrons. The number of para-hydroxylation sites is 1. The van der Waals surface area contributed by atoms with E-state index in [9.17, 15) is 4.79 Å². The zero-order valence-corrected chi connectivity index (χ0v) is 14.7. The van der Waals surface area contributed by atoms with Gasteiger partial charge in [0.2, 0.25) is 0 Å². The number of hydrogen-bond acceptors (Lipinski definition) is 4. The molecule has 1 fully saturated rings. The summed E-state index contributed by atoms with van der Waals surface area (Å²) in [7, 11) is 0. The van der Waals surface area contributed by atoms with Crippen molar-refractivity contribution in [1.82, 2.24) is 9.88 Å². The van der Waals surface area contributed by atoms with E-state index in [-0.39, 0.29) is 5.91 Å². The molecule has 2 aromatic rings. The van der Waals surface area contributed by atoms with Crippen molar-refractivity contribution in [3.05, 3.63) is 59.9 Å². The number of carbonyl (C=O) groups excluding carboxylic acids is 1. The van der Waals surface area contributed by atoms with Crippen molar-refractivity contribution in [2.75, 3.05) is 44.3 Å². The predicted octanol–water partition coefficient (Wildman–Crippen LogP) is 2.76. The van der Waals surface area contributed by atoms with E-state index < -0.39 is 0 Å². The summed E-state index contributed by atoms with van der Waals surface area (Å²) >= 11 is 0. The van der Waals surface area contributed by atoms with Crippen LogP contribution < -0.4 is 4.90 Å². The third kappa shape index (κ3) is 4.65. The summed E-state index contributed by atoms with van der Waals surface area (Å²) in [6.45, 7) is 7.10. The Hall–Kier alpha value is -2.24. The van der Waals surface area contributed by atoms with Crippen molar-refractivity contribution in [2.24, 2.45) is 0 Å². The average Bonchev–Trinajstić information content (AvgIpc) is 2.67. The third-order valence-electron chi connectivity index (χ3n) is 4.51. The van der Waals surface area contributed by atoms with Crippen molar-refractivity contribution in [3.8, 4) is 0 Å². The van der Waals surface area contributed by atoms with Crippen LogP contribution in [-0.2, 0) is 4.74 Å². The number of aromatic nitrogens is 1. The zero-order valence-electron chi connectivity index (χ0n) is 14.7. The van der Waals surface area contributed by atoms with Crippen LogP contribution in [0.5, 0.6) is 0 Å². The maximum atomic E-state index is 13.1. The van der Waals surface area contributed by atoms with Gasteiger partial charge in [0.25, 0.3) is 5.91 Å². The van der Waals surface area contributed by atoms with Gasteiger partial charge in [-0.05, 0) is 37.6 Å². The van der Waals surface area contributed by atoms with E-state index in [0.29, 0.717) is 12.1 Å². The largest absolute Gasteiger partial charge is 0.379 e. The molecule has 0 unspecified atom stereocenters. The highest BCUT2D eigenvalue weighted by Crippen LogP contribution is 2.18. The number of carbonyl (C=O) groups is 1. The Bertz CT molecular complexity index is 684. The number of amides is 1. The van der Waals surface area contributed by atoms with Gasteiger partial charge >= 0.3 is 0 Å². The standard InChI is InChI=1S/C20H25N3O2/c1-17-19(9-5-10-21-17)20(24)23(18-7-3-2-4-8-18)12-6-11-22-13-15-25-16-14-22/h2-5,7-10H,6,11-16H2,1H3. The molecule has 0 N–H and O–H groups in total. The quantitative estimate of drug-likeness (QED) is 0.812. The Balaban J connectivity index is 1.71. The maximum absolute atomic E-state index is 13.1. The highest BCUT2D eigenvalue weighted by molar-refractivity contribution is 6.06. The topological polar surface area (TPSA) is 45.7 Å². The maximum Gasteiger partial charge on any atom is 0.260 e. The molecule has 5 nitrogen and oxygen atoms in total. The molecule has 0 aliphatic carbocycles. The fourth-order valence-electron chi connectivity index (χ4n) is 3.09. The lowest BCUT2D eigenvalue weighted by atomic mass is 10.1. The molecule has 25 heavy (non-hydrogen) atoms. The number of pyridine rings is 1. The van der Waals surface area contributed by atoms with Crippen molar-refractivity contribution in [1.29, 1.82) is 0 Å². The van der Waals surface area contributed by atoms with Crippen molar-refractivity contribution >= 4 is 11.6 Å². The number of anilines is 1. The minimum atomic E-state index is 0.0128. The summed E-state index contributed by atoms with van der Waals surface area (Å²) < 4.78 is 5.39. The highest BCUT2D eigenvalue weighted by Gasteiger charge is 2.20. The second-order valence-electron chi connectivity index (χ2n) is 6.24. The molecule has 1 saturated heterocycles. The molecule has 0 saturated carbocycles. The normalized spacial score (nSPS) is 15.1. The number of hydrogen-bond donors (Lipinski definition) is 0. The molecular weight excluding hydrogens is 314 g/mol. The number of ether oxygens (including phenoxy) is 1. The summed E-state index contributed by atoms with van der Waals surface area (Å²) in [6.07, 6.45) is 2.65. The summed E-state index contributed by atoms with van der Waals surface area (Å²) in [6, 6.07) is 13.5. The van der Waals surface area contributed by atoms with Gasteiger partial charge in [-0.15, -0.1) is 0 Å². The molecule has 0 atom stereocenters. The smallest absolute Gasteiger partial charge is 0.260 e. The number of rotatable bonds is 6. The molecule has 1 amide bonds. The van der Waals surface area contributed by atoms with Gasteiger partial charge in [-0.25, -0.2) is 0 Å². The average molecular weight is 339 g/mol. The van der Waals surface area contributed by atoms with E-state index in [0.717, 1.165) is 50.7 Å². The predicted molar refractivity (Wildman–Crippen MR) is 99.0 cm³/mol. The fourth-order valence-corrected chi connectivity index (χ4v) is 3.09. The van der Waals surface area contributed by atoms with E-state index in [1.165, 1.54) is 0 Å². The van der Waals surface area contributed by atoms with Crippen LogP contribution in [0.4, 0.5) is 5.69 Å². The van der Waals surface area contributed by atoms with Gasteiger partial charge in [-0.3, -0.25) is 14.7 Å². The first-order valence-corrected chi connectivity index (χ1v) is 8.84. The highest BCUT2D eigenvalue weighted by atomic mass is 16.5. The van der Waals surface area contributed by atoms with Gasteiger partial charge < -0.3 is 9.64 Å². The van der Waals surface area contributed by atoms with Crippen molar-refractivity contribution in [3.63, 3.8) is 0 Å². The Morgan fingerprint density at radius 2 is 1.92 bits per heavy atom. The zero-order chi connectivity index (χ0) is 17.5. The monoisotopic (exact) mass is 339 g/mol. The minimum absolute atomic E-state index is 0.0128. The van der Waals surface area contributed by atoms with Crippen LogP contribution in [0.15, 0.2) is 48.7 Å². The summed E-state index contributed by atoms with van der Waals surface area (Å²) in [5.41, 5.74) is 2.36. The summed E-state index contributed by atoms with van der Waals surface area (Å²) in [4.78, 5) is 21.6. The van der Waals surface area contributed by atoms with Gasteiger partial charge in [-0.2, -0.15) is 0 Å². The van der Waals surface area contributed by atoms with Crippen molar-refractivity contribution < 1.29 is 9.53 Å². The van der Waals surface area contributed by atoms with Gasteiger partial charge in [0.1, 0.15) is 0 Å². The van der Waals surface area contributed by atoms with E-state index in [4.69, 9.17) is 4.74 Å². The Morgan fingerprint density at radius 3 is 2.64 bits per heavy atom. The minimum Gasteiger partial charge on any atom is -0.379 e. The number of morpholine rings is 1. The van der Waals surface area contributed by atoms with Gasteiger partial charge in [0.05, 0.1) is 18.8 Å². The molecule has 0 spiro atoms. The first-order chi connectivity index (χ1) is 12.3. The molecule has 1 aliphatic rings. The number of aryl methyl sites for hydroxylation is 1. The van der Waals surface area contributed by atoms with E-state index in [1.54, 1.807) is 6.20 Å². The lowest BCUT2D eigenvalue weighted by Crippen LogP contribution is -2.39. The molecular formula is C20H25N3O2. The first kappa shape index (κ1) is 17.6. The molecule has 3 rings (SSSR count). The lowest BCUT2D eigenvalue weighted by molar-refractivity contribution is 0.0376. The molecule has 132 valence electrons. The SMILES string of the molecule is Cc1ncccc1C(=O)N(CCCN1CCOCC1)c1ccccc1. The van der Waals surface area contributed by atoms with Gasteiger partial charge in [0.15, 0.2) is 0 Å². The number of benzene rings is 1. The Kier molecular flexibility index (Phi) is 6.14. The molecule has 1 aromatic heterocycles. The van der Waals surface area contributed by atoms with E-state index >= 15 is 0 Å². The van der Waals surface area contributed by atoms with Gasteiger partial charge in [0, 0.05) is 43.8 Å². The summed E-state index contributed by atoms with van der Waals surface area (Å²) in [5, 5.41) is 0. The third-order valence-corrected chi connectivity index (χ3v) is 4.51. The van der Waals surface area contributed by atoms with Crippen LogP contribution in [0, 0.1) is 6.92 Å². The molecule has 1 aliphatic heterocycles. The fraction of sp³-hybridized carbons (Fsp3) is 0.400. The Morgan fingerprint density at radius 1 is 1.16 bits per heavy atom. The van der Waals surface area contributed by atoms with Crippen LogP contribution in [0.1, 0.15) is 22.5 Å². The number of nitrogens with zero attached hydrogens (tertiary/aromatic N) is 3. The van der Waals surface area contributed by atoms with Crippen LogP contribution in [0.3, 0.4) is 0 Å². The van der Waals surface area contributed by atoms with Crippen LogP contribution in [0.2, 0.25) is 0 Å². The van der Waals surface area contributed by atoms with Crippen LogP contribution in [-0.4, -0.2) is 55.2 Å². The van der Waals surface area contributed by atoms with Gasteiger partial charge in [-0.1, -0.05) is 18.2 Å². The second kappa shape index (κ2) is 8.74. The molecule has 1 aromatic carbocycles. The molecule has 2 heterocycles. The van der Waals surface area contributed by atoms with E-state index in [1.807, 2.05) is 54.3 Å². The van der Waals surface area contributed by atoms with Crippen LogP contribution in [0.25, 0.3) is 0 Å². The first-order valence-electron chi connectivity index (χ1n) is 8.84. The molecule has 0 bridgehead atoms. The summed E-state index contributed by atoms with van der Waals surface area (Å²) in [5.74, 6) is 0.0128. The molecule has 5 heteroatoms. The van der Waals surface area contributed by atoms with Crippen LogP contribution >= 0.6 is 0 Å². The second-order valence-corrected chi connectivity index (χ2v) is 6.24. The van der Waals surface area contributed by atoms with E-state index in [2.05, 4.69) is 9.88 Å². The van der Waals surface area contributed by atoms with Crippen molar-refractivity contribution in [2.45, 2.75) is 13.3 Å².